The van der Waals surface area contributed by atoms with Crippen molar-refractivity contribution >= 4 is 145 Å². The second-order valence-corrected chi connectivity index (χ2v) is 29.3. The summed E-state index contributed by atoms with van der Waals surface area (Å²) in [4.78, 5) is 133. The highest BCUT2D eigenvalue weighted by Crippen LogP contribution is 2.34. The van der Waals surface area contributed by atoms with Gasteiger partial charge in [-0.25, -0.2) is 9.97 Å². The topological polar surface area (TPSA) is 412 Å². The highest BCUT2D eigenvalue weighted by atomic mass is 32.1. The molecule has 5 aliphatic rings. The quantitative estimate of drug-likeness (QED) is 0.0483. The molecule has 37 heteroatoms. The predicted octanol–water partition coefficient (Wildman–Crippen LogP) is 10.7. The van der Waals surface area contributed by atoms with Crippen molar-refractivity contribution in [2.75, 3.05) is 31.5 Å². The summed E-state index contributed by atoms with van der Waals surface area (Å²) >= 11 is 6.90. The summed E-state index contributed by atoms with van der Waals surface area (Å²) in [7, 11) is 0. The first kappa shape index (κ1) is 73.0. The minimum Gasteiger partial charge on any atom is -0.333 e. The van der Waals surface area contributed by atoms with Crippen LogP contribution in [0, 0.1) is 0 Å². The van der Waals surface area contributed by atoms with Crippen LogP contribution in [0.25, 0.3) is 0 Å². The van der Waals surface area contributed by atoms with Gasteiger partial charge in [0.1, 0.15) is 5.69 Å². The maximum atomic E-state index is 12.5. The normalized spacial score (nSPS) is 13.1. The van der Waals surface area contributed by atoms with E-state index in [1.807, 2.05) is 87.3 Å². The third-order valence-electron chi connectivity index (χ3n) is 17.6. The third-order valence-corrected chi connectivity index (χ3v) is 21.9. The van der Waals surface area contributed by atoms with Gasteiger partial charge in [-0.2, -0.15) is 25.5 Å². The summed E-state index contributed by atoms with van der Waals surface area (Å²) in [5.41, 5.74) is 9.99. The van der Waals surface area contributed by atoms with E-state index < -0.39 is 0 Å². The van der Waals surface area contributed by atoms with E-state index in [4.69, 9.17) is 0 Å². The zero-order chi connectivity index (χ0) is 75.5. The second kappa shape index (κ2) is 33.2. The molecular weight excluding hydrogens is 1490 g/mol. The van der Waals surface area contributed by atoms with Crippen molar-refractivity contribution in [1.29, 1.82) is 0 Å². The van der Waals surface area contributed by atoms with E-state index in [2.05, 4.69) is 92.5 Å². The number of carbonyl (C=O) groups is 9. The largest absolute Gasteiger partial charge is 0.333 e. The Balaban J connectivity index is 0.000000114. The molecule has 0 atom stereocenters. The molecule has 1 aromatic carbocycles. The van der Waals surface area contributed by atoms with E-state index >= 15 is 0 Å². The van der Waals surface area contributed by atoms with Crippen LogP contribution >= 0.6 is 56.7 Å². The lowest BCUT2D eigenvalue weighted by molar-refractivity contribution is -0.131. The molecule has 0 fully saturated rings. The van der Waals surface area contributed by atoms with Crippen molar-refractivity contribution in [3.05, 3.63) is 253 Å². The van der Waals surface area contributed by atoms with Crippen LogP contribution in [0.1, 0.15) is 146 Å². The number of pyridine rings is 1. The molecule has 0 radical (unpaired) electrons. The van der Waals surface area contributed by atoms with Gasteiger partial charge in [0.05, 0.1) is 118 Å². The highest BCUT2D eigenvalue weighted by Gasteiger charge is 2.34. The maximum Gasteiger partial charge on any atom is 0.273 e. The fourth-order valence-corrected chi connectivity index (χ4v) is 15.1. The van der Waals surface area contributed by atoms with Gasteiger partial charge in [-0.3, -0.25) is 73.6 Å². The second-order valence-electron chi connectivity index (χ2n) is 24.6. The Morgan fingerprint density at radius 3 is 1.06 bits per heavy atom. The number of fused-ring (bicyclic) bond motifs is 5. The smallest absolute Gasteiger partial charge is 0.273 e. The number of amides is 9. The number of carbonyl (C=O) groups excluding carboxylic acids is 9. The SMILES string of the molecule is CC(=O)N1Cc2[nH]nc(NC(=O)c3cccs3)c2C1.CCC(=O)N1Cc2[nH]nc(NC(=O)c3cccs3)c2C1.O=C(Nc1n[nH]c2c1CN(C(=O)c1ccccc1)C2)c1cccs1.O=C(Nc1n[nH]c2c1CN(C(=O)c1ccccn1)C2)c1cccs1.O=C(Nc1n[nH]c2c1CN(c1ncccn1)C2)c1cccs1. The van der Waals surface area contributed by atoms with Gasteiger partial charge in [-0.1, -0.05) is 61.5 Å². The zero-order valence-corrected chi connectivity index (χ0v) is 62.0. The van der Waals surface area contributed by atoms with Crippen molar-refractivity contribution < 1.29 is 43.2 Å². The number of H-pyrrole nitrogens is 5. The number of hydrogen-bond acceptors (Lipinski definition) is 23. The van der Waals surface area contributed by atoms with Crippen LogP contribution in [0.4, 0.5) is 35.0 Å². The van der Waals surface area contributed by atoms with E-state index in [-0.39, 0.29) is 53.2 Å². The molecule has 0 spiro atoms. The molecular formula is C72H65N23O9S5. The first-order valence-electron chi connectivity index (χ1n) is 33.7. The Bertz CT molecular complexity index is 5240. The first-order valence-corrected chi connectivity index (χ1v) is 38.1. The van der Waals surface area contributed by atoms with E-state index in [9.17, 15) is 43.2 Å². The summed E-state index contributed by atoms with van der Waals surface area (Å²) < 4.78 is 0. The van der Waals surface area contributed by atoms with Crippen molar-refractivity contribution in [3.8, 4) is 0 Å². The lowest BCUT2D eigenvalue weighted by Gasteiger charge is -2.15. The average Bonchev–Trinajstić information content (AvgIpc) is 1.66. The number of aromatic amines is 5. The molecule has 5 aliphatic heterocycles. The molecule has 9 amide bonds. The summed E-state index contributed by atoms with van der Waals surface area (Å²) in [5.74, 6) is 2.31. The van der Waals surface area contributed by atoms with Crippen molar-refractivity contribution in [2.24, 2.45) is 0 Å². The van der Waals surface area contributed by atoms with Gasteiger partial charge in [-0.15, -0.1) is 56.7 Å². The highest BCUT2D eigenvalue weighted by molar-refractivity contribution is 7.13. The zero-order valence-electron chi connectivity index (χ0n) is 57.9. The van der Waals surface area contributed by atoms with Gasteiger partial charge < -0.3 is 51.1 Å². The number of anilines is 6. The van der Waals surface area contributed by atoms with Crippen molar-refractivity contribution in [3.63, 3.8) is 0 Å². The number of thiophene rings is 5. The van der Waals surface area contributed by atoms with Crippen LogP contribution in [0.5, 0.6) is 0 Å². The standard InChI is InChI=1S/C17H14N4O2S.C16H13N5O2S.C14H12N6OS.C13H14N4O2S.C12H12N4O2S/c22-16(14-7-4-8-24-14)18-15-12-9-21(10-13(12)19-20-15)17(23)11-5-2-1-3-6-11;22-15(13-5-3-7-24-13)18-14-10-8-21(9-12(10)19-20-14)16(23)11-4-1-2-6-17-11;21-13(11-3-1-6-22-11)17-12-9-7-20(8-10(9)18-19-12)14-15-4-2-5-16-14;1-2-11(18)17-6-8-9(7-17)15-16-12(8)14-13(19)10-4-3-5-20-10;1-7(17)16-5-8-9(6-16)14-15-11(8)13-12(18)10-3-2-4-19-10/h1-8H,9-10H2,(H2,18,19,20,22);1-7H,8-9H2,(H2,18,19,20,22);1-6H,7-8H2,(H2,17,18,19,21);3-5H,2,6-7H2,1H3,(H2,14,15,16,19);2-4H,5-6H2,1H3,(H2,13,14,15,18). The molecule has 0 saturated heterocycles. The van der Waals surface area contributed by atoms with Gasteiger partial charge in [0.2, 0.25) is 17.8 Å². The fraction of sp³-hybridized carbons (Fsp3) is 0.181. The molecule has 10 N–H and O–H groups in total. The van der Waals surface area contributed by atoms with E-state index in [1.54, 1.807) is 105 Å². The summed E-state index contributed by atoms with van der Waals surface area (Å²) in [6.45, 7) is 8.39. The van der Waals surface area contributed by atoms with E-state index in [0.29, 0.717) is 143 Å². The molecule has 0 unspecified atom stereocenters. The lowest BCUT2D eigenvalue weighted by Crippen LogP contribution is -2.26. The number of aromatic nitrogens is 13. The molecule has 109 heavy (non-hydrogen) atoms. The Kier molecular flexibility index (Phi) is 22.2. The Labute approximate surface area is 639 Å². The first-order chi connectivity index (χ1) is 53.1. The maximum absolute atomic E-state index is 12.5. The molecule has 32 nitrogen and oxygen atoms in total. The van der Waals surface area contributed by atoms with Crippen molar-refractivity contribution in [1.82, 2.24) is 85.5 Å². The molecule has 552 valence electrons. The molecule has 13 aromatic rings. The fourth-order valence-electron chi connectivity index (χ4n) is 12.0. The van der Waals surface area contributed by atoms with Gasteiger partial charge in [0.25, 0.3) is 41.4 Å². The van der Waals surface area contributed by atoms with Crippen LogP contribution < -0.4 is 31.5 Å². The average molecular weight is 1560 g/mol. The molecule has 0 saturated carbocycles. The van der Waals surface area contributed by atoms with Crippen molar-refractivity contribution in [2.45, 2.75) is 85.7 Å². The number of rotatable bonds is 14. The molecule has 0 bridgehead atoms. The molecule has 0 aliphatic carbocycles. The van der Waals surface area contributed by atoms with Gasteiger partial charge in [0, 0.05) is 65.3 Å². The van der Waals surface area contributed by atoms with Crippen LogP contribution in [0.2, 0.25) is 0 Å². The molecule has 17 heterocycles. The number of benzene rings is 1. The van der Waals surface area contributed by atoms with E-state index in [1.165, 1.54) is 63.6 Å². The van der Waals surface area contributed by atoms with Gasteiger partial charge >= 0.3 is 0 Å². The van der Waals surface area contributed by atoms with E-state index in [0.717, 1.165) is 56.3 Å². The van der Waals surface area contributed by atoms with Gasteiger partial charge in [-0.05, 0) is 87.6 Å². The van der Waals surface area contributed by atoms with Crippen LogP contribution in [0.3, 0.4) is 0 Å². The van der Waals surface area contributed by atoms with Crippen LogP contribution in [-0.2, 0) is 75.0 Å². The number of nitrogens with zero attached hydrogens (tertiary/aromatic N) is 13. The minimum atomic E-state index is -0.200. The van der Waals surface area contributed by atoms with Crippen LogP contribution in [0.15, 0.2) is 161 Å². The van der Waals surface area contributed by atoms with Gasteiger partial charge in [0.15, 0.2) is 29.1 Å². The Morgan fingerprint density at radius 2 is 0.697 bits per heavy atom. The third kappa shape index (κ3) is 16.8. The monoisotopic (exact) mass is 1560 g/mol. The number of hydrogen-bond donors (Lipinski definition) is 10. The molecule has 18 rings (SSSR count). The lowest BCUT2D eigenvalue weighted by atomic mass is 10.2. The Hall–Kier alpha value is -13.0. The summed E-state index contributed by atoms with van der Waals surface area (Å²) in [6.07, 6.45) is 5.50. The Morgan fingerprint density at radius 1 is 0.358 bits per heavy atom. The molecule has 12 aromatic heterocycles. The minimum absolute atomic E-state index is 0.0140. The number of nitrogens with one attached hydrogen (secondary N) is 10. The van der Waals surface area contributed by atoms with Crippen LogP contribution in [-0.4, -0.2) is 139 Å². The summed E-state index contributed by atoms with van der Waals surface area (Å²) in [6, 6.07) is 34.2. The summed E-state index contributed by atoms with van der Waals surface area (Å²) in [5, 5.41) is 58.6. The predicted molar refractivity (Wildman–Crippen MR) is 409 cm³/mol.